The number of nitrogens with two attached hydrogens (primary N) is 1. The highest BCUT2D eigenvalue weighted by Crippen LogP contribution is 2.32. The number of nitrogens with zero attached hydrogens (tertiary/aromatic N) is 4. The van der Waals surface area contributed by atoms with Crippen LogP contribution in [-0.4, -0.2) is 37.2 Å². The number of rotatable bonds is 6. The second kappa shape index (κ2) is 11.1. The number of amides is 1. The average Bonchev–Trinajstić information content (AvgIpc) is 3.01. The Morgan fingerprint density at radius 2 is 1.90 bits per heavy atom. The summed E-state index contributed by atoms with van der Waals surface area (Å²) in [5.74, 6) is -0.531. The van der Waals surface area contributed by atoms with Gasteiger partial charge < -0.3 is 5.73 Å². The van der Waals surface area contributed by atoms with Crippen molar-refractivity contribution in [3.63, 3.8) is 0 Å². The van der Waals surface area contributed by atoms with Gasteiger partial charge in [-0.1, -0.05) is 43.1 Å². The smallest absolute Gasteiger partial charge is 0.294 e. The Labute approximate surface area is 186 Å². The third-order valence-corrected chi connectivity index (χ3v) is 5.31. The molecule has 0 radical (unpaired) electrons. The van der Waals surface area contributed by atoms with E-state index in [1.807, 2.05) is 6.07 Å². The summed E-state index contributed by atoms with van der Waals surface area (Å²) >= 11 is 6.07. The molecule has 0 aliphatic carbocycles. The summed E-state index contributed by atoms with van der Waals surface area (Å²) in [7, 11) is -4.45. The normalized spacial score (nSPS) is 16.3. The Hall–Kier alpha value is -2.66. The lowest BCUT2D eigenvalue weighted by Crippen LogP contribution is -2.30. The lowest BCUT2D eigenvalue weighted by Gasteiger charge is -2.15. The van der Waals surface area contributed by atoms with Crippen molar-refractivity contribution in [1.82, 2.24) is 0 Å². The number of carbonyl (C=O) groups is 1. The van der Waals surface area contributed by atoms with Crippen molar-refractivity contribution in [1.29, 1.82) is 0 Å². The fraction of sp³-hybridized carbons (Fsp3) is 0.300. The summed E-state index contributed by atoms with van der Waals surface area (Å²) in [5, 5.41) is 13.2. The molecule has 1 unspecified atom stereocenters. The van der Waals surface area contributed by atoms with E-state index in [2.05, 4.69) is 22.3 Å². The van der Waals surface area contributed by atoms with Crippen LogP contribution in [0.4, 0.5) is 11.4 Å². The van der Waals surface area contributed by atoms with Crippen molar-refractivity contribution in [3.05, 3.63) is 53.6 Å². The van der Waals surface area contributed by atoms with Crippen LogP contribution in [-0.2, 0) is 14.9 Å². The van der Waals surface area contributed by atoms with E-state index in [4.69, 9.17) is 17.3 Å². The molecule has 0 saturated carbocycles. The first-order chi connectivity index (χ1) is 14.7. The largest absolute Gasteiger partial charge is 0.330 e. The Kier molecular flexibility index (Phi) is 8.81. The summed E-state index contributed by atoms with van der Waals surface area (Å²) in [6.45, 7) is 4.58. The minimum absolute atomic E-state index is 0.0311. The zero-order chi connectivity index (χ0) is 23.0. The third-order valence-electron chi connectivity index (χ3n) is 4.14. The van der Waals surface area contributed by atoms with E-state index >= 15 is 0 Å². The first kappa shape index (κ1) is 24.6. The van der Waals surface area contributed by atoms with Crippen molar-refractivity contribution in [2.75, 3.05) is 11.6 Å². The second-order valence-corrected chi connectivity index (χ2v) is 8.40. The molecule has 1 aliphatic heterocycles. The van der Waals surface area contributed by atoms with Gasteiger partial charge in [-0.15, -0.1) is 0 Å². The van der Waals surface area contributed by atoms with Crippen molar-refractivity contribution in [2.24, 2.45) is 21.1 Å². The number of halogens is 1. The SMILES string of the molecule is CC1=NN(c2cc(S(=O)(=O)O)ccc2Cl)C(=O)C1N=Nc1ccccc1.CCCCN. The molecule has 0 bridgehead atoms. The molecule has 0 saturated heterocycles. The summed E-state index contributed by atoms with van der Waals surface area (Å²) in [6, 6.07) is 11.4. The van der Waals surface area contributed by atoms with Gasteiger partial charge in [-0.2, -0.15) is 28.8 Å². The van der Waals surface area contributed by atoms with Crippen LogP contribution in [0.2, 0.25) is 5.02 Å². The zero-order valence-corrected chi connectivity index (χ0v) is 18.7. The number of hydrogen-bond donors (Lipinski definition) is 2. The molecule has 2 aromatic rings. The molecule has 1 amide bonds. The van der Waals surface area contributed by atoms with E-state index in [9.17, 15) is 17.8 Å². The van der Waals surface area contributed by atoms with E-state index in [1.54, 1.807) is 31.2 Å². The van der Waals surface area contributed by atoms with Crippen LogP contribution >= 0.6 is 11.6 Å². The highest BCUT2D eigenvalue weighted by Gasteiger charge is 2.36. The van der Waals surface area contributed by atoms with Crippen molar-refractivity contribution in [2.45, 2.75) is 37.6 Å². The van der Waals surface area contributed by atoms with Crippen LogP contribution < -0.4 is 10.7 Å². The number of carbonyl (C=O) groups excluding carboxylic acids is 1. The number of azo groups is 1. The van der Waals surface area contributed by atoms with E-state index < -0.39 is 27.0 Å². The van der Waals surface area contributed by atoms with Gasteiger partial charge >= 0.3 is 0 Å². The molecule has 0 aromatic heterocycles. The monoisotopic (exact) mass is 465 g/mol. The summed E-state index contributed by atoms with van der Waals surface area (Å²) in [5.41, 5.74) is 6.13. The first-order valence-electron chi connectivity index (χ1n) is 9.51. The maximum atomic E-state index is 12.6. The molecule has 9 nitrogen and oxygen atoms in total. The van der Waals surface area contributed by atoms with Gasteiger partial charge in [0.15, 0.2) is 6.04 Å². The predicted molar refractivity (Wildman–Crippen MR) is 121 cm³/mol. The maximum absolute atomic E-state index is 12.6. The number of hydrogen-bond acceptors (Lipinski definition) is 7. The Morgan fingerprint density at radius 1 is 1.23 bits per heavy atom. The zero-order valence-electron chi connectivity index (χ0n) is 17.1. The van der Waals surface area contributed by atoms with Gasteiger partial charge in [-0.25, -0.2) is 0 Å². The standard InChI is InChI=1S/C16H13ClN4O4S.C4H11N/c1-10-15(19-18-11-5-3-2-4-6-11)16(22)21(20-10)14-9-12(26(23,24)25)7-8-13(14)17;1-2-3-4-5/h2-9,15H,1H3,(H,23,24,25);2-5H2,1H3. The lowest BCUT2D eigenvalue weighted by atomic mass is 10.2. The van der Waals surface area contributed by atoms with E-state index in [0.29, 0.717) is 11.4 Å². The van der Waals surface area contributed by atoms with Gasteiger partial charge in [0, 0.05) is 0 Å². The van der Waals surface area contributed by atoms with Gasteiger partial charge in [-0.05, 0) is 50.2 Å². The molecular weight excluding hydrogens is 442 g/mol. The van der Waals surface area contributed by atoms with Crippen LogP contribution in [0.25, 0.3) is 0 Å². The molecule has 2 aromatic carbocycles. The predicted octanol–water partition coefficient (Wildman–Crippen LogP) is 4.21. The van der Waals surface area contributed by atoms with Crippen LogP contribution in [0.1, 0.15) is 26.7 Å². The van der Waals surface area contributed by atoms with Gasteiger partial charge in [0.2, 0.25) is 0 Å². The number of unbranched alkanes of at least 4 members (excludes halogenated alkanes) is 1. The number of benzene rings is 2. The van der Waals surface area contributed by atoms with Gasteiger partial charge in [0.1, 0.15) is 0 Å². The van der Waals surface area contributed by atoms with E-state index in [0.717, 1.165) is 23.7 Å². The molecular formula is C20H24ClN5O4S. The molecule has 1 atom stereocenters. The molecule has 11 heteroatoms. The van der Waals surface area contributed by atoms with Crippen LogP contribution in [0.5, 0.6) is 0 Å². The summed E-state index contributed by atoms with van der Waals surface area (Å²) in [6.07, 6.45) is 2.39. The third kappa shape index (κ3) is 6.66. The van der Waals surface area contributed by atoms with Crippen LogP contribution in [0.3, 0.4) is 0 Å². The number of hydrazone groups is 1. The molecule has 1 aliphatic rings. The Morgan fingerprint density at radius 3 is 2.45 bits per heavy atom. The highest BCUT2D eigenvalue weighted by atomic mass is 35.5. The van der Waals surface area contributed by atoms with E-state index in [1.165, 1.54) is 18.9 Å². The molecule has 1 heterocycles. The Bertz CT molecular complexity index is 1070. The average molecular weight is 466 g/mol. The van der Waals surface area contributed by atoms with Crippen LogP contribution in [0, 0.1) is 0 Å². The van der Waals surface area contributed by atoms with Crippen molar-refractivity contribution < 1.29 is 17.8 Å². The molecule has 3 rings (SSSR count). The Balaban J connectivity index is 0.000000614. The van der Waals surface area contributed by atoms with Crippen molar-refractivity contribution in [3.8, 4) is 0 Å². The molecule has 0 spiro atoms. The summed E-state index contributed by atoms with van der Waals surface area (Å²) in [4.78, 5) is 12.2. The first-order valence-corrected chi connectivity index (χ1v) is 11.3. The van der Waals surface area contributed by atoms with Crippen LogP contribution in [0.15, 0.2) is 68.8 Å². The molecule has 3 N–H and O–H groups in total. The minimum atomic E-state index is -4.45. The topological polar surface area (TPSA) is 138 Å². The lowest BCUT2D eigenvalue weighted by molar-refractivity contribution is -0.117. The summed E-state index contributed by atoms with van der Waals surface area (Å²) < 4.78 is 31.8. The fourth-order valence-electron chi connectivity index (χ4n) is 2.50. The second-order valence-electron chi connectivity index (χ2n) is 6.58. The minimum Gasteiger partial charge on any atom is -0.330 e. The van der Waals surface area contributed by atoms with Crippen molar-refractivity contribution >= 4 is 44.7 Å². The fourth-order valence-corrected chi connectivity index (χ4v) is 3.20. The molecule has 0 fully saturated rings. The van der Waals surface area contributed by atoms with Gasteiger partial charge in [0.05, 0.1) is 27.0 Å². The maximum Gasteiger partial charge on any atom is 0.294 e. The molecule has 31 heavy (non-hydrogen) atoms. The van der Waals surface area contributed by atoms with Gasteiger partial charge in [0.25, 0.3) is 16.0 Å². The molecule has 166 valence electrons. The van der Waals surface area contributed by atoms with Gasteiger partial charge in [-0.3, -0.25) is 9.35 Å². The quantitative estimate of drug-likeness (QED) is 0.486. The van der Waals surface area contributed by atoms with E-state index in [-0.39, 0.29) is 10.7 Å². The highest BCUT2D eigenvalue weighted by molar-refractivity contribution is 7.85. The number of anilines is 1.